The summed E-state index contributed by atoms with van der Waals surface area (Å²) in [5.41, 5.74) is 4.17. The van der Waals surface area contributed by atoms with Crippen molar-refractivity contribution in [1.29, 1.82) is 0 Å². The molecule has 28 heavy (non-hydrogen) atoms. The van der Waals surface area contributed by atoms with Gasteiger partial charge in [0.25, 0.3) is 0 Å². The number of carbonyl (C=O) groups is 1. The molecule has 4 nitrogen and oxygen atoms in total. The van der Waals surface area contributed by atoms with Crippen LogP contribution >= 0.6 is 0 Å². The Morgan fingerprint density at radius 3 is 2.57 bits per heavy atom. The fraction of sp³-hybridized carbons (Fsp3) is 0.182. The van der Waals surface area contributed by atoms with Crippen LogP contribution in [0.3, 0.4) is 0 Å². The number of hydrogen-bond donors (Lipinski definition) is 1. The Hall–Kier alpha value is -3.28. The Bertz CT molecular complexity index is 1080. The first-order chi connectivity index (χ1) is 13.5. The van der Waals surface area contributed by atoms with Crippen molar-refractivity contribution in [2.45, 2.75) is 25.9 Å². The van der Waals surface area contributed by atoms with E-state index in [1.807, 2.05) is 24.3 Å². The summed E-state index contributed by atoms with van der Waals surface area (Å²) in [5, 5.41) is 10.4. The minimum atomic E-state index is -2.86. The topological polar surface area (TPSA) is 59.4 Å². The summed E-state index contributed by atoms with van der Waals surface area (Å²) in [6, 6.07) is 13.6. The number of benzene rings is 2. The zero-order valence-electron chi connectivity index (χ0n) is 14.9. The third-order valence-electron chi connectivity index (χ3n) is 4.83. The highest BCUT2D eigenvalue weighted by atomic mass is 19.3. The fourth-order valence-electron chi connectivity index (χ4n) is 3.67. The molecule has 2 aromatic carbocycles. The predicted molar refractivity (Wildman–Crippen MR) is 103 cm³/mol. The number of carboxylic acids is 1. The van der Waals surface area contributed by atoms with E-state index in [0.717, 1.165) is 29.5 Å². The number of para-hydroxylation sites is 1. The maximum absolute atomic E-state index is 12.3. The van der Waals surface area contributed by atoms with Gasteiger partial charge in [0.05, 0.1) is 16.8 Å². The third kappa shape index (κ3) is 3.45. The van der Waals surface area contributed by atoms with E-state index < -0.39 is 12.6 Å². The number of aromatic carboxylic acids is 1. The summed E-state index contributed by atoms with van der Waals surface area (Å²) >= 11 is 0. The molecule has 1 aliphatic carbocycles. The van der Waals surface area contributed by atoms with Crippen LogP contribution in [0.1, 0.15) is 40.0 Å². The van der Waals surface area contributed by atoms with Crippen molar-refractivity contribution in [1.82, 2.24) is 4.98 Å². The second-order valence-corrected chi connectivity index (χ2v) is 6.61. The number of pyridine rings is 1. The Morgan fingerprint density at radius 2 is 1.86 bits per heavy atom. The normalized spacial score (nSPS) is 15.0. The number of ether oxygens (including phenoxy) is 1. The standard InChI is InChI=1S/C22H17F2NO3/c23-22(24)28-15-10-8-13(9-11-15)12-14-4-3-6-17-19(21(26)27)16-5-1-2-7-18(16)25-20(14)17/h1-2,5,7-12,22H,3-4,6H2,(H,26,27). The lowest BCUT2D eigenvalue weighted by Crippen LogP contribution is -2.13. The zero-order valence-corrected chi connectivity index (χ0v) is 14.9. The van der Waals surface area contributed by atoms with Crippen LogP contribution in [-0.2, 0) is 6.42 Å². The molecule has 0 aliphatic heterocycles. The van der Waals surface area contributed by atoms with Crippen molar-refractivity contribution in [2.75, 3.05) is 0 Å². The summed E-state index contributed by atoms with van der Waals surface area (Å²) in [7, 11) is 0. The van der Waals surface area contributed by atoms with Crippen LogP contribution in [-0.4, -0.2) is 22.7 Å². The smallest absolute Gasteiger partial charge is 0.387 e. The van der Waals surface area contributed by atoms with E-state index in [1.165, 1.54) is 12.1 Å². The van der Waals surface area contributed by atoms with Crippen molar-refractivity contribution >= 4 is 28.5 Å². The van der Waals surface area contributed by atoms with E-state index in [2.05, 4.69) is 4.74 Å². The first-order valence-electron chi connectivity index (χ1n) is 8.93. The van der Waals surface area contributed by atoms with Gasteiger partial charge in [0.2, 0.25) is 0 Å². The molecule has 0 fully saturated rings. The maximum Gasteiger partial charge on any atom is 0.387 e. The van der Waals surface area contributed by atoms with Gasteiger partial charge in [-0.15, -0.1) is 0 Å². The van der Waals surface area contributed by atoms with Crippen LogP contribution in [0.25, 0.3) is 22.6 Å². The lowest BCUT2D eigenvalue weighted by molar-refractivity contribution is -0.0498. The lowest BCUT2D eigenvalue weighted by Gasteiger charge is -2.21. The predicted octanol–water partition coefficient (Wildman–Crippen LogP) is 5.41. The molecule has 0 spiro atoms. The van der Waals surface area contributed by atoms with Crippen molar-refractivity contribution in [3.05, 3.63) is 70.9 Å². The van der Waals surface area contributed by atoms with E-state index in [1.54, 1.807) is 18.2 Å². The fourth-order valence-corrected chi connectivity index (χ4v) is 3.67. The number of hydrogen-bond acceptors (Lipinski definition) is 3. The molecule has 0 amide bonds. The van der Waals surface area contributed by atoms with Crippen LogP contribution < -0.4 is 4.74 Å². The second kappa shape index (κ2) is 7.38. The van der Waals surface area contributed by atoms with Gasteiger partial charge in [0.15, 0.2) is 0 Å². The summed E-state index contributed by atoms with van der Waals surface area (Å²) in [4.78, 5) is 16.7. The summed E-state index contributed by atoms with van der Waals surface area (Å²) in [6.45, 7) is -2.86. The van der Waals surface area contributed by atoms with E-state index in [9.17, 15) is 18.7 Å². The molecule has 3 aromatic rings. The Morgan fingerprint density at radius 1 is 1.11 bits per heavy atom. The highest BCUT2D eigenvalue weighted by Crippen LogP contribution is 2.36. The molecule has 142 valence electrons. The highest BCUT2D eigenvalue weighted by molar-refractivity contribution is 6.05. The molecule has 0 radical (unpaired) electrons. The quantitative estimate of drug-likeness (QED) is 0.656. The van der Waals surface area contributed by atoms with Gasteiger partial charge in [-0.05, 0) is 60.2 Å². The molecule has 1 N–H and O–H groups in total. The third-order valence-corrected chi connectivity index (χ3v) is 4.83. The van der Waals surface area contributed by atoms with Gasteiger partial charge in [0.1, 0.15) is 5.75 Å². The molecule has 1 aliphatic rings. The Labute approximate surface area is 160 Å². The van der Waals surface area contributed by atoms with Gasteiger partial charge < -0.3 is 9.84 Å². The van der Waals surface area contributed by atoms with E-state index in [0.29, 0.717) is 28.6 Å². The van der Waals surface area contributed by atoms with Gasteiger partial charge >= 0.3 is 12.6 Å². The number of alkyl halides is 2. The molecular formula is C22H17F2NO3. The molecule has 6 heteroatoms. The number of allylic oxidation sites excluding steroid dienone is 1. The van der Waals surface area contributed by atoms with Crippen LogP contribution in [0, 0.1) is 0 Å². The van der Waals surface area contributed by atoms with E-state index in [4.69, 9.17) is 4.98 Å². The molecular weight excluding hydrogens is 364 g/mol. The second-order valence-electron chi connectivity index (χ2n) is 6.61. The van der Waals surface area contributed by atoms with Crippen LogP contribution in [0.2, 0.25) is 0 Å². The minimum Gasteiger partial charge on any atom is -0.478 e. The average Bonchev–Trinajstić information content (AvgIpc) is 2.67. The molecule has 0 unspecified atom stereocenters. The molecule has 0 atom stereocenters. The summed E-state index contributed by atoms with van der Waals surface area (Å²) in [5.74, 6) is -0.858. The van der Waals surface area contributed by atoms with Crippen molar-refractivity contribution in [3.63, 3.8) is 0 Å². The highest BCUT2D eigenvalue weighted by Gasteiger charge is 2.24. The Kier molecular flexibility index (Phi) is 4.77. The van der Waals surface area contributed by atoms with Crippen molar-refractivity contribution in [3.8, 4) is 5.75 Å². The van der Waals surface area contributed by atoms with Crippen molar-refractivity contribution in [2.24, 2.45) is 0 Å². The molecule has 0 bridgehead atoms. The maximum atomic E-state index is 12.3. The lowest BCUT2D eigenvalue weighted by atomic mass is 9.86. The summed E-state index contributed by atoms with van der Waals surface area (Å²) in [6.07, 6.45) is 4.18. The van der Waals surface area contributed by atoms with E-state index in [-0.39, 0.29) is 5.75 Å². The van der Waals surface area contributed by atoms with Crippen LogP contribution in [0.4, 0.5) is 8.78 Å². The first-order valence-corrected chi connectivity index (χ1v) is 8.93. The van der Waals surface area contributed by atoms with Gasteiger partial charge in [0, 0.05) is 5.39 Å². The van der Waals surface area contributed by atoms with Gasteiger partial charge in [-0.2, -0.15) is 8.78 Å². The SMILES string of the molecule is O=C(O)c1c2c(nc3ccccc13)C(=Cc1ccc(OC(F)F)cc1)CCC2. The van der Waals surface area contributed by atoms with Crippen LogP contribution in [0.15, 0.2) is 48.5 Å². The number of aromatic nitrogens is 1. The number of carboxylic acid groups (broad SMARTS) is 1. The number of fused-ring (bicyclic) bond motifs is 2. The summed E-state index contributed by atoms with van der Waals surface area (Å²) < 4.78 is 29.0. The number of halogens is 2. The molecule has 1 aromatic heterocycles. The van der Waals surface area contributed by atoms with E-state index >= 15 is 0 Å². The molecule has 0 saturated heterocycles. The molecule has 1 heterocycles. The monoisotopic (exact) mass is 381 g/mol. The van der Waals surface area contributed by atoms with Crippen LogP contribution in [0.5, 0.6) is 5.75 Å². The number of rotatable bonds is 4. The van der Waals surface area contributed by atoms with Crippen molar-refractivity contribution < 1.29 is 23.4 Å². The Balaban J connectivity index is 1.80. The minimum absolute atomic E-state index is 0.0958. The zero-order chi connectivity index (χ0) is 19.7. The average molecular weight is 381 g/mol. The first kappa shape index (κ1) is 18.1. The molecule has 0 saturated carbocycles. The van der Waals surface area contributed by atoms with Gasteiger partial charge in [-0.3, -0.25) is 0 Å². The largest absolute Gasteiger partial charge is 0.478 e. The number of nitrogens with zero attached hydrogens (tertiary/aromatic N) is 1. The van der Waals surface area contributed by atoms with Gasteiger partial charge in [-0.25, -0.2) is 9.78 Å². The molecule has 4 rings (SSSR count). The van der Waals surface area contributed by atoms with Gasteiger partial charge in [-0.1, -0.05) is 30.3 Å².